The third kappa shape index (κ3) is 5.13. The van der Waals surface area contributed by atoms with Crippen LogP contribution in [0.3, 0.4) is 0 Å². The highest BCUT2D eigenvalue weighted by atomic mass is 35.5. The summed E-state index contributed by atoms with van der Waals surface area (Å²) in [6, 6.07) is 23.7. The summed E-state index contributed by atoms with van der Waals surface area (Å²) in [5.74, 6) is 0.846. The maximum atomic E-state index is 12.9. The number of nitrogens with one attached hydrogen (secondary N) is 1. The lowest BCUT2D eigenvalue weighted by Crippen LogP contribution is -2.28. The molecule has 0 aliphatic rings. The Morgan fingerprint density at radius 1 is 0.972 bits per heavy atom. The van der Waals surface area contributed by atoms with E-state index in [9.17, 15) is 9.59 Å². The lowest BCUT2D eigenvalue weighted by Gasteiger charge is -2.11. The molecule has 1 amide bonds. The van der Waals surface area contributed by atoms with Crippen molar-refractivity contribution in [2.24, 2.45) is 0 Å². The van der Waals surface area contributed by atoms with Gasteiger partial charge in [0.25, 0.3) is 11.5 Å². The summed E-state index contributed by atoms with van der Waals surface area (Å²) < 4.78 is 9.02. The molecule has 5 aromatic rings. The monoisotopic (exact) mass is 499 g/mol. The molecule has 1 N–H and O–H groups in total. The van der Waals surface area contributed by atoms with Crippen LogP contribution in [0.2, 0.25) is 5.02 Å². The van der Waals surface area contributed by atoms with Crippen molar-refractivity contribution in [3.05, 3.63) is 118 Å². The topological polar surface area (TPSA) is 91.0 Å². The van der Waals surface area contributed by atoms with E-state index in [2.05, 4.69) is 15.4 Å². The number of fused-ring (bicyclic) bond motifs is 1. The SMILES string of the molecule is O=C(NCCn1ncc2c(=O)n(Cc3ccc(Cl)cc3)cnc21)c1ccccc1Oc1ccccc1. The number of nitrogens with zero attached hydrogens (tertiary/aromatic N) is 4. The van der Waals surface area contributed by atoms with E-state index in [4.69, 9.17) is 16.3 Å². The normalized spacial score (nSPS) is 10.9. The number of aromatic nitrogens is 4. The molecule has 8 nitrogen and oxygen atoms in total. The van der Waals surface area contributed by atoms with Gasteiger partial charge in [-0.2, -0.15) is 5.10 Å². The highest BCUT2D eigenvalue weighted by Crippen LogP contribution is 2.25. The van der Waals surface area contributed by atoms with Crippen LogP contribution in [0.25, 0.3) is 11.0 Å². The number of amides is 1. The maximum absolute atomic E-state index is 12.9. The van der Waals surface area contributed by atoms with E-state index < -0.39 is 0 Å². The Bertz CT molecular complexity index is 1560. The van der Waals surface area contributed by atoms with Gasteiger partial charge in [0, 0.05) is 11.6 Å². The lowest BCUT2D eigenvalue weighted by molar-refractivity contribution is 0.0949. The average Bonchev–Trinajstić information content (AvgIpc) is 3.31. The van der Waals surface area contributed by atoms with Gasteiger partial charge in [-0.05, 0) is 42.0 Å². The summed E-state index contributed by atoms with van der Waals surface area (Å²) in [5, 5.41) is 8.25. The van der Waals surface area contributed by atoms with Crippen molar-refractivity contribution >= 4 is 28.5 Å². The molecule has 0 aliphatic carbocycles. The molecule has 0 radical (unpaired) electrons. The Morgan fingerprint density at radius 2 is 1.72 bits per heavy atom. The largest absolute Gasteiger partial charge is 0.457 e. The van der Waals surface area contributed by atoms with Gasteiger partial charge in [-0.3, -0.25) is 14.2 Å². The van der Waals surface area contributed by atoms with Crippen LogP contribution in [0.4, 0.5) is 0 Å². The van der Waals surface area contributed by atoms with E-state index in [-0.39, 0.29) is 11.5 Å². The highest BCUT2D eigenvalue weighted by Gasteiger charge is 2.14. The summed E-state index contributed by atoms with van der Waals surface area (Å²) in [6.07, 6.45) is 3.01. The number of para-hydroxylation sites is 2. The first-order chi connectivity index (χ1) is 17.6. The Morgan fingerprint density at radius 3 is 2.53 bits per heavy atom. The first kappa shape index (κ1) is 23.3. The molecule has 0 bridgehead atoms. The van der Waals surface area contributed by atoms with Crippen LogP contribution in [0.1, 0.15) is 15.9 Å². The molecule has 0 atom stereocenters. The van der Waals surface area contributed by atoms with Crippen molar-refractivity contribution < 1.29 is 9.53 Å². The molecule has 0 spiro atoms. The number of carbonyl (C=O) groups excluding carboxylic acids is 1. The van der Waals surface area contributed by atoms with E-state index >= 15 is 0 Å². The zero-order chi connectivity index (χ0) is 24.9. The molecule has 180 valence electrons. The van der Waals surface area contributed by atoms with E-state index in [1.54, 1.807) is 35.0 Å². The van der Waals surface area contributed by atoms with Gasteiger partial charge in [-0.1, -0.05) is 54.1 Å². The van der Waals surface area contributed by atoms with E-state index in [1.165, 1.54) is 17.1 Å². The standard InChI is InChI=1S/C27H22ClN5O3/c28-20-12-10-19(11-13-20)17-32-18-30-25-23(27(32)35)16-31-33(25)15-14-29-26(34)22-8-4-5-9-24(22)36-21-6-2-1-3-7-21/h1-13,16,18H,14-15,17H2,(H,29,34). The Hall–Kier alpha value is -4.43. The Kier molecular flexibility index (Phi) is 6.77. The van der Waals surface area contributed by atoms with Gasteiger partial charge >= 0.3 is 0 Å². The van der Waals surface area contributed by atoms with Gasteiger partial charge in [0.1, 0.15) is 23.2 Å². The van der Waals surface area contributed by atoms with Crippen LogP contribution in [0.5, 0.6) is 11.5 Å². The summed E-state index contributed by atoms with van der Waals surface area (Å²) in [7, 11) is 0. The number of benzene rings is 3. The number of ether oxygens (including phenoxy) is 1. The Labute approximate surface area is 211 Å². The average molecular weight is 500 g/mol. The van der Waals surface area contributed by atoms with Crippen molar-refractivity contribution in [1.82, 2.24) is 24.6 Å². The van der Waals surface area contributed by atoms with Crippen LogP contribution < -0.4 is 15.6 Å². The first-order valence-corrected chi connectivity index (χ1v) is 11.7. The maximum Gasteiger partial charge on any atom is 0.264 e. The predicted molar refractivity (Wildman–Crippen MR) is 138 cm³/mol. The zero-order valence-corrected chi connectivity index (χ0v) is 19.9. The van der Waals surface area contributed by atoms with E-state index in [1.807, 2.05) is 48.5 Å². The van der Waals surface area contributed by atoms with Crippen LogP contribution >= 0.6 is 11.6 Å². The first-order valence-electron chi connectivity index (χ1n) is 11.3. The molecule has 5 rings (SSSR count). The fourth-order valence-corrected chi connectivity index (χ4v) is 3.92. The van der Waals surface area contributed by atoms with Gasteiger partial charge in [0.05, 0.1) is 24.8 Å². The highest BCUT2D eigenvalue weighted by molar-refractivity contribution is 6.30. The fourth-order valence-electron chi connectivity index (χ4n) is 3.79. The number of hydrogen-bond acceptors (Lipinski definition) is 5. The number of halogens is 1. The molecule has 0 fully saturated rings. The second kappa shape index (κ2) is 10.5. The summed E-state index contributed by atoms with van der Waals surface area (Å²) >= 11 is 5.94. The lowest BCUT2D eigenvalue weighted by atomic mass is 10.2. The smallest absolute Gasteiger partial charge is 0.264 e. The van der Waals surface area contributed by atoms with Gasteiger partial charge < -0.3 is 10.1 Å². The minimum atomic E-state index is -0.267. The van der Waals surface area contributed by atoms with Crippen molar-refractivity contribution in [2.75, 3.05) is 6.54 Å². The molecule has 2 aromatic heterocycles. The molecular formula is C27H22ClN5O3. The van der Waals surface area contributed by atoms with Crippen molar-refractivity contribution in [2.45, 2.75) is 13.1 Å². The molecule has 0 saturated carbocycles. The van der Waals surface area contributed by atoms with Crippen LogP contribution in [0, 0.1) is 0 Å². The number of hydrogen-bond donors (Lipinski definition) is 1. The summed E-state index contributed by atoms with van der Waals surface area (Å²) in [6.45, 7) is 1.03. The molecule has 2 heterocycles. The van der Waals surface area contributed by atoms with Crippen LogP contribution in [-0.2, 0) is 13.1 Å². The minimum Gasteiger partial charge on any atom is -0.457 e. The van der Waals surface area contributed by atoms with E-state index in [0.717, 1.165) is 5.56 Å². The zero-order valence-electron chi connectivity index (χ0n) is 19.2. The Balaban J connectivity index is 1.25. The third-order valence-corrected chi connectivity index (χ3v) is 5.85. The number of carbonyl (C=O) groups is 1. The fraction of sp³-hybridized carbons (Fsp3) is 0.111. The molecular weight excluding hydrogens is 478 g/mol. The summed E-state index contributed by atoms with van der Waals surface area (Å²) in [4.78, 5) is 30.2. The van der Waals surface area contributed by atoms with Crippen molar-refractivity contribution in [3.8, 4) is 11.5 Å². The third-order valence-electron chi connectivity index (χ3n) is 5.60. The predicted octanol–water partition coefficient (Wildman–Crippen LogP) is 4.52. The van der Waals surface area contributed by atoms with Crippen molar-refractivity contribution in [3.63, 3.8) is 0 Å². The summed E-state index contributed by atoms with van der Waals surface area (Å²) in [5.41, 5.74) is 1.65. The molecule has 0 saturated heterocycles. The van der Waals surface area contributed by atoms with Crippen LogP contribution in [-0.4, -0.2) is 31.8 Å². The molecule has 0 aliphatic heterocycles. The van der Waals surface area contributed by atoms with Gasteiger partial charge in [-0.25, -0.2) is 9.67 Å². The van der Waals surface area contributed by atoms with Gasteiger partial charge in [0.15, 0.2) is 5.65 Å². The number of rotatable bonds is 8. The second-order valence-corrected chi connectivity index (χ2v) is 8.51. The van der Waals surface area contributed by atoms with Gasteiger partial charge in [-0.15, -0.1) is 0 Å². The quantitative estimate of drug-likeness (QED) is 0.339. The molecule has 3 aromatic carbocycles. The van der Waals surface area contributed by atoms with E-state index in [0.29, 0.717) is 52.8 Å². The molecule has 9 heteroatoms. The van der Waals surface area contributed by atoms with Crippen molar-refractivity contribution in [1.29, 1.82) is 0 Å². The minimum absolute atomic E-state index is 0.183. The molecule has 0 unspecified atom stereocenters. The molecule has 36 heavy (non-hydrogen) atoms. The van der Waals surface area contributed by atoms with Gasteiger partial charge in [0.2, 0.25) is 0 Å². The van der Waals surface area contributed by atoms with Crippen LogP contribution in [0.15, 0.2) is 96.2 Å². The second-order valence-electron chi connectivity index (χ2n) is 8.08.